The van der Waals surface area contributed by atoms with Gasteiger partial charge in [0.2, 0.25) is 0 Å². The first-order valence-electron chi connectivity index (χ1n) is 15.6. The molecule has 0 fully saturated rings. The second-order valence-electron chi connectivity index (χ2n) is 11.4. The third-order valence-corrected chi connectivity index (χ3v) is 7.75. The molecule has 4 aromatic carbocycles. The van der Waals surface area contributed by atoms with Gasteiger partial charge in [-0.1, -0.05) is 68.1 Å². The molecule has 1 nitrogen and oxygen atoms in total. The molecule has 0 saturated heterocycles. The molecule has 1 heteroatoms. The summed E-state index contributed by atoms with van der Waals surface area (Å²) in [5.41, 5.74) is 16.4. The van der Waals surface area contributed by atoms with Gasteiger partial charge in [-0.3, -0.25) is 0 Å². The molecule has 0 unspecified atom stereocenters. The van der Waals surface area contributed by atoms with E-state index in [2.05, 4.69) is 162 Å². The molecule has 0 atom stereocenters. The maximum absolute atomic E-state index is 3.36. The molecule has 0 spiro atoms. The lowest BCUT2D eigenvalue weighted by atomic mass is 9.98. The van der Waals surface area contributed by atoms with Crippen molar-refractivity contribution in [1.82, 2.24) is 5.32 Å². The van der Waals surface area contributed by atoms with E-state index in [4.69, 9.17) is 0 Å². The van der Waals surface area contributed by atoms with Gasteiger partial charge in [-0.25, -0.2) is 0 Å². The fraction of sp³-hybridized carbons (Fsp3) is 0.289. The summed E-state index contributed by atoms with van der Waals surface area (Å²) < 4.78 is 0. The highest BCUT2D eigenvalue weighted by molar-refractivity contribution is 5.55. The molecular weight excluding hydrogens is 555 g/mol. The van der Waals surface area contributed by atoms with Crippen molar-refractivity contribution in [2.75, 3.05) is 7.05 Å². The van der Waals surface area contributed by atoms with Gasteiger partial charge in [0.1, 0.15) is 0 Å². The summed E-state index contributed by atoms with van der Waals surface area (Å²) in [5, 5.41) is 3.22. The second kappa shape index (κ2) is 18.1. The average molecular weight is 604 g/mol. The van der Waals surface area contributed by atoms with Crippen LogP contribution < -0.4 is 5.32 Å². The average Bonchev–Trinajstić information content (AvgIpc) is 3.02. The van der Waals surface area contributed by atoms with Gasteiger partial charge in [-0.15, -0.1) is 11.8 Å². The zero-order valence-electron chi connectivity index (χ0n) is 28.7. The zero-order chi connectivity index (χ0) is 32.9. The largest absolute Gasteiger partial charge is 0.316 e. The summed E-state index contributed by atoms with van der Waals surface area (Å²) in [5.74, 6) is 25.4. The molecule has 4 aromatic rings. The molecule has 1 N–H and O–H groups in total. The molecule has 0 aliphatic heterocycles. The first-order valence-corrected chi connectivity index (χ1v) is 15.6. The number of aryl methyl sites for hydroxylation is 7. The lowest BCUT2D eigenvalue weighted by Gasteiger charge is -2.08. The molecule has 0 bridgehead atoms. The van der Waals surface area contributed by atoms with Gasteiger partial charge >= 0.3 is 0 Å². The molecule has 234 valence electrons. The molecule has 0 heterocycles. The quantitative estimate of drug-likeness (QED) is 0.230. The van der Waals surface area contributed by atoms with Gasteiger partial charge in [0, 0.05) is 39.9 Å². The number of hydrogen-bond donors (Lipinski definition) is 1. The fourth-order valence-electron chi connectivity index (χ4n) is 4.95. The van der Waals surface area contributed by atoms with Gasteiger partial charge in [-0.05, 0) is 156 Å². The van der Waals surface area contributed by atoms with Crippen molar-refractivity contribution in [3.63, 3.8) is 0 Å². The predicted octanol–water partition coefficient (Wildman–Crippen LogP) is 9.68. The van der Waals surface area contributed by atoms with Crippen LogP contribution in [0.1, 0.15) is 106 Å². The summed E-state index contributed by atoms with van der Waals surface area (Å²) in [6.07, 6.45) is 1.06. The van der Waals surface area contributed by atoms with Crippen molar-refractivity contribution < 1.29 is 0 Å². The van der Waals surface area contributed by atoms with Crippen molar-refractivity contribution in [3.05, 3.63) is 139 Å². The highest BCUT2D eigenvalue weighted by atomic mass is 14.8. The maximum atomic E-state index is 3.36. The summed E-state index contributed by atoms with van der Waals surface area (Å²) in [6.45, 7) is 19.4. The monoisotopic (exact) mass is 603 g/mol. The molecule has 0 amide bonds. The first kappa shape index (κ1) is 37.3. The van der Waals surface area contributed by atoms with Crippen LogP contribution in [0.25, 0.3) is 0 Å². The summed E-state index contributed by atoms with van der Waals surface area (Å²) >= 11 is 0. The number of rotatable bonds is 3. The van der Waals surface area contributed by atoms with Crippen LogP contribution in [-0.4, -0.2) is 7.05 Å². The van der Waals surface area contributed by atoms with Gasteiger partial charge < -0.3 is 5.32 Å². The zero-order valence-corrected chi connectivity index (χ0v) is 28.7. The van der Waals surface area contributed by atoms with Gasteiger partial charge in [0.05, 0.1) is 0 Å². The Labute approximate surface area is 280 Å². The van der Waals surface area contributed by atoms with E-state index >= 15 is 0 Å². The van der Waals surface area contributed by atoms with Crippen LogP contribution in [0.2, 0.25) is 0 Å². The van der Waals surface area contributed by atoms with E-state index in [-0.39, 0.29) is 7.43 Å². The van der Waals surface area contributed by atoms with Crippen molar-refractivity contribution in [3.8, 4) is 47.4 Å². The van der Waals surface area contributed by atoms with E-state index < -0.39 is 0 Å². The molecule has 0 aliphatic carbocycles. The van der Waals surface area contributed by atoms with Crippen LogP contribution in [0.5, 0.6) is 0 Å². The van der Waals surface area contributed by atoms with Crippen LogP contribution in [0, 0.1) is 88.9 Å². The van der Waals surface area contributed by atoms with Crippen LogP contribution in [-0.2, 0) is 13.0 Å². The Bertz CT molecular complexity index is 1910. The Hall–Kier alpha value is -4.92. The van der Waals surface area contributed by atoms with Crippen LogP contribution in [0.3, 0.4) is 0 Å². The smallest absolute Gasteiger partial charge is 0.0281 e. The Morgan fingerprint density at radius 2 is 0.891 bits per heavy atom. The molecular formula is C45H49N. The number of benzene rings is 4. The molecule has 0 aromatic heterocycles. The second-order valence-corrected chi connectivity index (χ2v) is 11.4. The third-order valence-electron chi connectivity index (χ3n) is 7.75. The number of nitrogens with one attached hydrogen (secondary N) is 1. The van der Waals surface area contributed by atoms with Crippen molar-refractivity contribution in [1.29, 1.82) is 0 Å². The van der Waals surface area contributed by atoms with Crippen molar-refractivity contribution in [2.24, 2.45) is 0 Å². The van der Waals surface area contributed by atoms with E-state index in [0.29, 0.717) is 0 Å². The van der Waals surface area contributed by atoms with Crippen LogP contribution in [0.4, 0.5) is 0 Å². The molecule has 0 saturated carbocycles. The number of hydrogen-bond acceptors (Lipinski definition) is 1. The van der Waals surface area contributed by atoms with Gasteiger partial charge in [0.25, 0.3) is 0 Å². The molecule has 46 heavy (non-hydrogen) atoms. The van der Waals surface area contributed by atoms with Gasteiger partial charge in [0.15, 0.2) is 0 Å². The predicted molar refractivity (Wildman–Crippen MR) is 200 cm³/mol. The minimum absolute atomic E-state index is 0. The van der Waals surface area contributed by atoms with E-state index in [9.17, 15) is 0 Å². The van der Waals surface area contributed by atoms with Crippen molar-refractivity contribution in [2.45, 2.75) is 82.7 Å². The standard InChI is InChI=1S/C23H25N.C21H20.CH4/c1-7-8-20-12-19(5)21(13-18(20)4)9-10-22-14-23(15-24-6)17(3)11-16(22)2;1-5-7-20-14-17(4)21(15-16(20)3)13-12-19-10-8-18(6-2)9-11-19;/h11-14,24H,15H2,1-6H3;8-11,14-15H,6H2,1-4H3;1H4. The third kappa shape index (κ3) is 10.3. The Morgan fingerprint density at radius 3 is 1.30 bits per heavy atom. The van der Waals surface area contributed by atoms with E-state index in [0.717, 1.165) is 46.3 Å². The Balaban J connectivity index is 0.000000316. The van der Waals surface area contributed by atoms with E-state index in [1.165, 1.54) is 44.5 Å². The van der Waals surface area contributed by atoms with Crippen molar-refractivity contribution >= 4 is 0 Å². The van der Waals surface area contributed by atoms with Gasteiger partial charge in [-0.2, -0.15) is 0 Å². The minimum Gasteiger partial charge on any atom is -0.316 e. The highest BCUT2D eigenvalue weighted by Crippen LogP contribution is 2.18. The minimum atomic E-state index is 0. The SMILES string of the molecule is C.CC#Cc1cc(C)c(C#Cc2cc(CNC)c(C)cc2C)cc1C.CC#Cc1cc(C)c(C#Cc2ccc(CC)cc2)cc1C. The summed E-state index contributed by atoms with van der Waals surface area (Å²) in [4.78, 5) is 0. The molecule has 4 rings (SSSR count). The normalized spacial score (nSPS) is 9.35. The fourth-order valence-corrected chi connectivity index (χ4v) is 4.95. The lowest BCUT2D eigenvalue weighted by molar-refractivity contribution is 0.811. The van der Waals surface area contributed by atoms with Crippen LogP contribution in [0.15, 0.2) is 60.7 Å². The lowest BCUT2D eigenvalue weighted by Crippen LogP contribution is -2.07. The Kier molecular flexibility index (Phi) is 14.7. The maximum Gasteiger partial charge on any atom is 0.0281 e. The molecule has 0 aliphatic rings. The summed E-state index contributed by atoms with van der Waals surface area (Å²) in [7, 11) is 1.97. The van der Waals surface area contributed by atoms with E-state index in [1.807, 2.05) is 20.9 Å². The summed E-state index contributed by atoms with van der Waals surface area (Å²) in [6, 6.07) is 21.4. The highest BCUT2D eigenvalue weighted by Gasteiger charge is 2.04. The first-order chi connectivity index (χ1) is 21.6. The van der Waals surface area contributed by atoms with Crippen LogP contribution >= 0.6 is 0 Å². The Morgan fingerprint density at radius 1 is 0.500 bits per heavy atom. The van der Waals surface area contributed by atoms with E-state index in [1.54, 1.807) is 0 Å². The molecule has 0 radical (unpaired) electrons. The topological polar surface area (TPSA) is 12.0 Å².